The van der Waals surface area contributed by atoms with Gasteiger partial charge in [0.2, 0.25) is 11.8 Å². The molecule has 1 aromatic rings. The SMILES string of the molecule is COCCCOc1cc(C(=O)N(CC2CNCC2CN(C(=O)CC(C)(C)NC(C)=O)C2CC2)C(C)C)ccc1OC. The van der Waals surface area contributed by atoms with Crippen molar-refractivity contribution in [2.45, 2.75) is 77.9 Å². The van der Waals surface area contributed by atoms with E-state index < -0.39 is 5.54 Å². The molecule has 0 spiro atoms. The number of nitrogens with zero attached hydrogens (tertiary/aromatic N) is 2. The number of methoxy groups -OCH3 is 2. The Morgan fingerprint density at radius 1 is 1.05 bits per heavy atom. The van der Waals surface area contributed by atoms with Crippen LogP contribution in [0.5, 0.6) is 11.5 Å². The first-order valence-corrected chi connectivity index (χ1v) is 14.9. The molecule has 41 heavy (non-hydrogen) atoms. The molecule has 1 aliphatic heterocycles. The van der Waals surface area contributed by atoms with E-state index in [4.69, 9.17) is 14.2 Å². The number of carbonyl (C=O) groups excluding carboxylic acids is 3. The fourth-order valence-electron chi connectivity index (χ4n) is 5.56. The Morgan fingerprint density at radius 3 is 2.32 bits per heavy atom. The molecule has 2 N–H and O–H groups in total. The van der Waals surface area contributed by atoms with Gasteiger partial charge in [0.1, 0.15) is 0 Å². The van der Waals surface area contributed by atoms with Crippen molar-refractivity contribution in [2.75, 3.05) is 53.6 Å². The molecule has 2 aliphatic rings. The first-order chi connectivity index (χ1) is 19.5. The van der Waals surface area contributed by atoms with Crippen LogP contribution in [0.2, 0.25) is 0 Å². The summed E-state index contributed by atoms with van der Waals surface area (Å²) >= 11 is 0. The Morgan fingerprint density at radius 2 is 1.73 bits per heavy atom. The fraction of sp³-hybridized carbons (Fsp3) is 0.710. The highest BCUT2D eigenvalue weighted by Gasteiger charge is 2.39. The largest absolute Gasteiger partial charge is 0.493 e. The molecule has 3 amide bonds. The van der Waals surface area contributed by atoms with Gasteiger partial charge in [-0.3, -0.25) is 14.4 Å². The van der Waals surface area contributed by atoms with Gasteiger partial charge in [-0.05, 0) is 70.6 Å². The number of hydrogen-bond acceptors (Lipinski definition) is 7. The van der Waals surface area contributed by atoms with E-state index in [1.54, 1.807) is 32.4 Å². The predicted molar refractivity (Wildman–Crippen MR) is 158 cm³/mol. The van der Waals surface area contributed by atoms with Crippen LogP contribution in [-0.4, -0.2) is 98.8 Å². The molecule has 230 valence electrons. The van der Waals surface area contributed by atoms with Crippen molar-refractivity contribution in [1.29, 1.82) is 0 Å². The molecule has 0 radical (unpaired) electrons. The van der Waals surface area contributed by atoms with Gasteiger partial charge in [-0.25, -0.2) is 0 Å². The summed E-state index contributed by atoms with van der Waals surface area (Å²) in [6.45, 7) is 13.2. The van der Waals surface area contributed by atoms with Crippen LogP contribution in [0.1, 0.15) is 70.7 Å². The second kappa shape index (κ2) is 14.9. The van der Waals surface area contributed by atoms with Gasteiger partial charge in [-0.15, -0.1) is 0 Å². The lowest BCUT2D eigenvalue weighted by Crippen LogP contribution is -2.49. The molecule has 10 heteroatoms. The Kier molecular flexibility index (Phi) is 11.8. The third-order valence-corrected chi connectivity index (χ3v) is 7.80. The number of benzene rings is 1. The van der Waals surface area contributed by atoms with Gasteiger partial charge in [0, 0.05) is 82.8 Å². The van der Waals surface area contributed by atoms with Gasteiger partial charge in [0.25, 0.3) is 5.91 Å². The quantitative estimate of drug-likeness (QED) is 0.292. The molecule has 3 rings (SSSR count). The molecule has 0 bridgehead atoms. The molecule has 1 aromatic carbocycles. The molecule has 1 heterocycles. The standard InChI is InChI=1S/C31H50N4O6/c1-21(2)34(30(38)23-9-12-27(40-7)28(15-23)41-14-8-13-39-6)19-24-17-32-18-25(24)20-35(26-10-11-26)29(37)16-31(4,5)33-22(3)36/h9,12,15,21,24-26,32H,8,10-11,13-14,16-20H2,1-7H3,(H,33,36). The minimum Gasteiger partial charge on any atom is -0.493 e. The second-order valence-corrected chi connectivity index (χ2v) is 12.3. The van der Waals surface area contributed by atoms with E-state index in [1.165, 1.54) is 6.92 Å². The van der Waals surface area contributed by atoms with Crippen molar-refractivity contribution in [3.8, 4) is 11.5 Å². The van der Waals surface area contributed by atoms with E-state index in [0.29, 0.717) is 43.4 Å². The number of ether oxygens (including phenoxy) is 3. The van der Waals surface area contributed by atoms with E-state index in [1.807, 2.05) is 37.5 Å². The van der Waals surface area contributed by atoms with Crippen LogP contribution in [0, 0.1) is 11.8 Å². The Hall–Kier alpha value is -2.85. The lowest BCUT2D eigenvalue weighted by Gasteiger charge is -2.35. The monoisotopic (exact) mass is 574 g/mol. The highest BCUT2D eigenvalue weighted by Crippen LogP contribution is 2.32. The average Bonchev–Trinajstić information content (AvgIpc) is 3.65. The molecule has 0 aromatic heterocycles. The van der Waals surface area contributed by atoms with Gasteiger partial charge in [-0.2, -0.15) is 0 Å². The molecule has 1 saturated carbocycles. The van der Waals surface area contributed by atoms with Crippen LogP contribution in [0.4, 0.5) is 0 Å². The van der Waals surface area contributed by atoms with Gasteiger partial charge < -0.3 is 34.6 Å². The third-order valence-electron chi connectivity index (χ3n) is 7.80. The molecule has 2 atom stereocenters. The van der Waals surface area contributed by atoms with Crippen LogP contribution in [0.15, 0.2) is 18.2 Å². The summed E-state index contributed by atoms with van der Waals surface area (Å²) in [5.41, 5.74) is -0.0478. The first-order valence-electron chi connectivity index (χ1n) is 14.9. The molecule has 1 saturated heterocycles. The van der Waals surface area contributed by atoms with Crippen molar-refractivity contribution >= 4 is 17.7 Å². The summed E-state index contributed by atoms with van der Waals surface area (Å²) in [5.74, 6) is 1.45. The van der Waals surface area contributed by atoms with E-state index in [0.717, 1.165) is 32.4 Å². The normalized spacial score (nSPS) is 18.7. The number of rotatable bonds is 16. The van der Waals surface area contributed by atoms with Crippen molar-refractivity contribution in [3.63, 3.8) is 0 Å². The van der Waals surface area contributed by atoms with Crippen LogP contribution in [0.3, 0.4) is 0 Å². The molecular formula is C31H50N4O6. The van der Waals surface area contributed by atoms with Gasteiger partial charge in [0.05, 0.1) is 13.7 Å². The Labute approximate surface area is 245 Å². The van der Waals surface area contributed by atoms with Gasteiger partial charge in [-0.1, -0.05) is 0 Å². The predicted octanol–water partition coefficient (Wildman–Crippen LogP) is 3.09. The van der Waals surface area contributed by atoms with Crippen molar-refractivity contribution in [3.05, 3.63) is 23.8 Å². The average molecular weight is 575 g/mol. The highest BCUT2D eigenvalue weighted by atomic mass is 16.5. The molecule has 2 unspecified atom stereocenters. The third kappa shape index (κ3) is 9.60. The summed E-state index contributed by atoms with van der Waals surface area (Å²) in [6.07, 6.45) is 3.02. The number of carbonyl (C=O) groups is 3. The summed E-state index contributed by atoms with van der Waals surface area (Å²) in [5, 5.41) is 6.40. The minimum absolute atomic E-state index is 0.00320. The zero-order valence-electron chi connectivity index (χ0n) is 26.0. The van der Waals surface area contributed by atoms with Crippen LogP contribution < -0.4 is 20.1 Å². The van der Waals surface area contributed by atoms with Crippen LogP contribution in [0.25, 0.3) is 0 Å². The summed E-state index contributed by atoms with van der Waals surface area (Å²) in [4.78, 5) is 42.8. The maximum atomic E-state index is 13.8. The van der Waals surface area contributed by atoms with Crippen LogP contribution >= 0.6 is 0 Å². The summed E-state index contributed by atoms with van der Waals surface area (Å²) < 4.78 is 16.5. The topological polar surface area (TPSA) is 109 Å². The highest BCUT2D eigenvalue weighted by molar-refractivity contribution is 5.95. The maximum absolute atomic E-state index is 13.8. The molecule has 10 nitrogen and oxygen atoms in total. The Bertz CT molecular complexity index is 1040. The maximum Gasteiger partial charge on any atom is 0.254 e. The zero-order chi connectivity index (χ0) is 30.2. The Balaban J connectivity index is 1.70. The lowest BCUT2D eigenvalue weighted by molar-refractivity contribution is -0.134. The molecule has 1 aliphatic carbocycles. The van der Waals surface area contributed by atoms with Crippen molar-refractivity contribution in [1.82, 2.24) is 20.4 Å². The second-order valence-electron chi connectivity index (χ2n) is 12.3. The van der Waals surface area contributed by atoms with E-state index >= 15 is 0 Å². The van der Waals surface area contributed by atoms with E-state index in [9.17, 15) is 14.4 Å². The zero-order valence-corrected chi connectivity index (χ0v) is 26.0. The van der Waals surface area contributed by atoms with Crippen LogP contribution in [-0.2, 0) is 14.3 Å². The number of hydrogen-bond donors (Lipinski definition) is 2. The molecule has 2 fully saturated rings. The first kappa shape index (κ1) is 32.7. The summed E-state index contributed by atoms with van der Waals surface area (Å²) in [7, 11) is 3.24. The number of amides is 3. The van der Waals surface area contributed by atoms with Crippen molar-refractivity contribution < 1.29 is 28.6 Å². The van der Waals surface area contributed by atoms with E-state index in [2.05, 4.69) is 10.6 Å². The fourth-order valence-corrected chi connectivity index (χ4v) is 5.56. The van der Waals surface area contributed by atoms with Gasteiger partial charge >= 0.3 is 0 Å². The molecular weight excluding hydrogens is 524 g/mol. The van der Waals surface area contributed by atoms with Gasteiger partial charge in [0.15, 0.2) is 11.5 Å². The number of nitrogens with one attached hydrogen (secondary N) is 2. The smallest absolute Gasteiger partial charge is 0.254 e. The minimum atomic E-state index is -0.602. The van der Waals surface area contributed by atoms with Crippen molar-refractivity contribution in [2.24, 2.45) is 11.8 Å². The lowest BCUT2D eigenvalue weighted by atomic mass is 9.93. The van der Waals surface area contributed by atoms with E-state index in [-0.39, 0.29) is 48.1 Å². The summed E-state index contributed by atoms with van der Waals surface area (Å²) in [6, 6.07) is 5.59.